The molecule has 0 aromatic carbocycles. The van der Waals surface area contributed by atoms with Crippen LogP contribution in [-0.2, 0) is 0 Å². The van der Waals surface area contributed by atoms with Gasteiger partial charge in [0, 0.05) is 38.3 Å². The molecule has 0 radical (unpaired) electrons. The van der Waals surface area contributed by atoms with Gasteiger partial charge in [0.05, 0.1) is 0 Å². The summed E-state index contributed by atoms with van der Waals surface area (Å²) >= 11 is 0. The molecule has 0 saturated carbocycles. The summed E-state index contributed by atoms with van der Waals surface area (Å²) < 4.78 is 0. The highest BCUT2D eigenvalue weighted by Crippen LogP contribution is 2.21. The van der Waals surface area contributed by atoms with Crippen LogP contribution in [0.1, 0.15) is 39.0 Å². The van der Waals surface area contributed by atoms with Crippen LogP contribution in [0.25, 0.3) is 0 Å². The van der Waals surface area contributed by atoms with E-state index in [1.807, 2.05) is 0 Å². The standard InChI is InChI=1S/C13H27N3/c1-2-3-5-12(14)10-15-8-9-16-7-4-6-13(16)11-15/h12-13H,2-11,14H2,1H3. The Hall–Kier alpha value is -0.120. The molecule has 16 heavy (non-hydrogen) atoms. The first-order valence-electron chi connectivity index (χ1n) is 7.01. The molecule has 0 bridgehead atoms. The van der Waals surface area contributed by atoms with Gasteiger partial charge in [-0.25, -0.2) is 0 Å². The SMILES string of the molecule is CCCCC(N)CN1CCN2CCCC2C1. The molecule has 0 aromatic heterocycles. The molecule has 2 atom stereocenters. The van der Waals surface area contributed by atoms with Gasteiger partial charge in [0.15, 0.2) is 0 Å². The molecule has 2 N–H and O–H groups in total. The monoisotopic (exact) mass is 225 g/mol. The second-order valence-electron chi connectivity index (χ2n) is 5.49. The van der Waals surface area contributed by atoms with Gasteiger partial charge in [-0.2, -0.15) is 0 Å². The molecule has 0 spiro atoms. The van der Waals surface area contributed by atoms with E-state index in [-0.39, 0.29) is 0 Å². The zero-order valence-electron chi connectivity index (χ0n) is 10.7. The Kier molecular flexibility index (Phi) is 4.62. The second-order valence-corrected chi connectivity index (χ2v) is 5.49. The third-order valence-corrected chi connectivity index (χ3v) is 4.09. The predicted molar refractivity (Wildman–Crippen MR) is 68.5 cm³/mol. The van der Waals surface area contributed by atoms with E-state index in [0.717, 1.165) is 12.6 Å². The van der Waals surface area contributed by atoms with E-state index in [4.69, 9.17) is 5.73 Å². The lowest BCUT2D eigenvalue weighted by Gasteiger charge is -2.38. The van der Waals surface area contributed by atoms with Gasteiger partial charge in [-0.3, -0.25) is 9.80 Å². The van der Waals surface area contributed by atoms with Crippen molar-refractivity contribution < 1.29 is 0 Å². The zero-order chi connectivity index (χ0) is 11.4. The van der Waals surface area contributed by atoms with Crippen LogP contribution in [0.4, 0.5) is 0 Å². The number of piperazine rings is 1. The van der Waals surface area contributed by atoms with Crippen molar-refractivity contribution in [1.82, 2.24) is 9.80 Å². The lowest BCUT2D eigenvalue weighted by atomic mass is 10.1. The Balaban J connectivity index is 1.70. The molecule has 0 aliphatic carbocycles. The van der Waals surface area contributed by atoms with Crippen molar-refractivity contribution in [2.45, 2.75) is 51.1 Å². The van der Waals surface area contributed by atoms with Gasteiger partial charge in [0.25, 0.3) is 0 Å². The van der Waals surface area contributed by atoms with Crippen molar-refractivity contribution in [2.24, 2.45) is 5.73 Å². The average molecular weight is 225 g/mol. The van der Waals surface area contributed by atoms with E-state index < -0.39 is 0 Å². The molecule has 2 fully saturated rings. The summed E-state index contributed by atoms with van der Waals surface area (Å²) in [5.74, 6) is 0. The van der Waals surface area contributed by atoms with Gasteiger partial charge in [0.2, 0.25) is 0 Å². The van der Waals surface area contributed by atoms with Crippen molar-refractivity contribution >= 4 is 0 Å². The minimum atomic E-state index is 0.396. The summed E-state index contributed by atoms with van der Waals surface area (Å²) in [6, 6.07) is 1.24. The Bertz CT molecular complexity index is 207. The van der Waals surface area contributed by atoms with E-state index in [1.54, 1.807) is 0 Å². The van der Waals surface area contributed by atoms with Crippen LogP contribution in [-0.4, -0.2) is 54.6 Å². The van der Waals surface area contributed by atoms with Gasteiger partial charge in [-0.15, -0.1) is 0 Å². The summed E-state index contributed by atoms with van der Waals surface area (Å²) in [4.78, 5) is 5.25. The normalized spacial score (nSPS) is 29.2. The highest BCUT2D eigenvalue weighted by atomic mass is 15.3. The summed E-state index contributed by atoms with van der Waals surface area (Å²) in [6.45, 7) is 8.45. The number of unbranched alkanes of at least 4 members (excludes halogenated alkanes) is 1. The molecule has 2 unspecified atom stereocenters. The summed E-state index contributed by atoms with van der Waals surface area (Å²) in [5.41, 5.74) is 6.17. The number of rotatable bonds is 5. The number of hydrogen-bond donors (Lipinski definition) is 1. The maximum atomic E-state index is 6.17. The molecule has 2 heterocycles. The van der Waals surface area contributed by atoms with Crippen molar-refractivity contribution in [2.75, 3.05) is 32.7 Å². The molecule has 2 aliphatic rings. The third kappa shape index (κ3) is 3.19. The Morgan fingerprint density at radius 3 is 3.00 bits per heavy atom. The van der Waals surface area contributed by atoms with Crippen LogP contribution in [0.5, 0.6) is 0 Å². The van der Waals surface area contributed by atoms with Gasteiger partial charge in [-0.1, -0.05) is 19.8 Å². The highest BCUT2D eigenvalue weighted by molar-refractivity contribution is 4.87. The first-order chi connectivity index (χ1) is 7.79. The van der Waals surface area contributed by atoms with E-state index in [9.17, 15) is 0 Å². The average Bonchev–Trinajstić information content (AvgIpc) is 2.73. The lowest BCUT2D eigenvalue weighted by molar-refractivity contribution is 0.0989. The lowest BCUT2D eigenvalue weighted by Crippen LogP contribution is -2.52. The molecule has 3 nitrogen and oxygen atoms in total. The Labute approximate surface area is 100.0 Å². The number of fused-ring (bicyclic) bond motifs is 1. The summed E-state index contributed by atoms with van der Waals surface area (Å²) in [6.07, 6.45) is 6.55. The quantitative estimate of drug-likeness (QED) is 0.765. The predicted octanol–water partition coefficient (Wildman–Crippen LogP) is 1.28. The Morgan fingerprint density at radius 1 is 1.31 bits per heavy atom. The van der Waals surface area contributed by atoms with Crippen LogP contribution in [0.15, 0.2) is 0 Å². The van der Waals surface area contributed by atoms with Crippen molar-refractivity contribution in [3.8, 4) is 0 Å². The van der Waals surface area contributed by atoms with Crippen molar-refractivity contribution in [3.05, 3.63) is 0 Å². The molecular formula is C13H27N3. The summed E-state index contributed by atoms with van der Waals surface area (Å²) in [7, 11) is 0. The third-order valence-electron chi connectivity index (χ3n) is 4.09. The molecule has 2 rings (SSSR count). The van der Waals surface area contributed by atoms with Gasteiger partial charge in [-0.05, 0) is 25.8 Å². The fraction of sp³-hybridized carbons (Fsp3) is 1.00. The van der Waals surface area contributed by atoms with Gasteiger partial charge >= 0.3 is 0 Å². The molecule has 0 aromatic rings. The first kappa shape index (κ1) is 12.3. The second kappa shape index (κ2) is 5.99. The van der Waals surface area contributed by atoms with Crippen LogP contribution in [0, 0.1) is 0 Å². The van der Waals surface area contributed by atoms with Gasteiger partial charge in [0.1, 0.15) is 0 Å². The summed E-state index contributed by atoms with van der Waals surface area (Å²) in [5, 5.41) is 0. The largest absolute Gasteiger partial charge is 0.327 e. The highest BCUT2D eigenvalue weighted by Gasteiger charge is 2.30. The van der Waals surface area contributed by atoms with E-state index >= 15 is 0 Å². The Morgan fingerprint density at radius 2 is 2.19 bits per heavy atom. The molecule has 3 heteroatoms. The number of nitrogens with two attached hydrogens (primary N) is 1. The fourth-order valence-corrected chi connectivity index (χ4v) is 3.11. The van der Waals surface area contributed by atoms with E-state index in [1.165, 1.54) is 58.3 Å². The van der Waals surface area contributed by atoms with Crippen LogP contribution in [0.2, 0.25) is 0 Å². The smallest absolute Gasteiger partial charge is 0.0224 e. The number of hydrogen-bond acceptors (Lipinski definition) is 3. The van der Waals surface area contributed by atoms with Crippen LogP contribution >= 0.6 is 0 Å². The zero-order valence-corrected chi connectivity index (χ0v) is 10.7. The van der Waals surface area contributed by atoms with Crippen LogP contribution in [0.3, 0.4) is 0 Å². The first-order valence-corrected chi connectivity index (χ1v) is 7.01. The van der Waals surface area contributed by atoms with E-state index in [0.29, 0.717) is 6.04 Å². The molecule has 0 amide bonds. The number of nitrogens with zero attached hydrogens (tertiary/aromatic N) is 2. The topological polar surface area (TPSA) is 32.5 Å². The minimum absolute atomic E-state index is 0.396. The fourth-order valence-electron chi connectivity index (χ4n) is 3.11. The maximum Gasteiger partial charge on any atom is 0.0224 e. The maximum absolute atomic E-state index is 6.17. The molecule has 94 valence electrons. The van der Waals surface area contributed by atoms with E-state index in [2.05, 4.69) is 16.7 Å². The van der Waals surface area contributed by atoms with Crippen molar-refractivity contribution in [1.29, 1.82) is 0 Å². The van der Waals surface area contributed by atoms with Crippen molar-refractivity contribution in [3.63, 3.8) is 0 Å². The molecular weight excluding hydrogens is 198 g/mol. The minimum Gasteiger partial charge on any atom is -0.327 e. The van der Waals surface area contributed by atoms with Gasteiger partial charge < -0.3 is 5.73 Å². The molecule has 2 saturated heterocycles. The molecule has 2 aliphatic heterocycles. The van der Waals surface area contributed by atoms with Crippen LogP contribution < -0.4 is 5.73 Å².